The van der Waals surface area contributed by atoms with Gasteiger partial charge in [-0.25, -0.2) is 10.0 Å². The number of benzene rings is 1. The van der Waals surface area contributed by atoms with Gasteiger partial charge >= 0.3 is 0 Å². The standard InChI is InChI=1S/C14H22N2O2/c1-5-15(6-2)16(12(4)17)13-10-8-9-11-14(13)18-7-3/h8-11H,5-7H2,1-4H3. The molecule has 1 aromatic carbocycles. The number of ether oxygens (including phenoxy) is 1. The third kappa shape index (κ3) is 3.23. The maximum Gasteiger partial charge on any atom is 0.238 e. The fraction of sp³-hybridized carbons (Fsp3) is 0.500. The molecular weight excluding hydrogens is 228 g/mol. The van der Waals surface area contributed by atoms with E-state index < -0.39 is 0 Å². The van der Waals surface area contributed by atoms with Crippen LogP contribution in [-0.2, 0) is 4.79 Å². The van der Waals surface area contributed by atoms with Crippen molar-refractivity contribution >= 4 is 11.6 Å². The quantitative estimate of drug-likeness (QED) is 0.728. The van der Waals surface area contributed by atoms with Crippen LogP contribution >= 0.6 is 0 Å². The first kappa shape index (κ1) is 14.5. The Morgan fingerprint density at radius 3 is 2.28 bits per heavy atom. The lowest BCUT2D eigenvalue weighted by atomic mass is 10.2. The van der Waals surface area contributed by atoms with Crippen LogP contribution in [0.2, 0.25) is 0 Å². The number of anilines is 1. The van der Waals surface area contributed by atoms with Gasteiger partial charge in [-0.15, -0.1) is 0 Å². The van der Waals surface area contributed by atoms with Crippen LogP contribution < -0.4 is 9.75 Å². The van der Waals surface area contributed by atoms with E-state index in [9.17, 15) is 4.79 Å². The van der Waals surface area contributed by atoms with E-state index in [1.807, 2.05) is 50.0 Å². The van der Waals surface area contributed by atoms with Crippen molar-refractivity contribution in [2.24, 2.45) is 0 Å². The summed E-state index contributed by atoms with van der Waals surface area (Å²) in [5.41, 5.74) is 0.801. The molecule has 0 radical (unpaired) electrons. The minimum absolute atomic E-state index is 0.00847. The van der Waals surface area contributed by atoms with Crippen LogP contribution in [0.4, 0.5) is 5.69 Å². The molecule has 0 unspecified atom stereocenters. The van der Waals surface area contributed by atoms with Gasteiger partial charge in [-0.2, -0.15) is 0 Å². The molecule has 0 saturated carbocycles. The molecule has 0 heterocycles. The topological polar surface area (TPSA) is 32.8 Å². The molecule has 0 N–H and O–H groups in total. The van der Waals surface area contributed by atoms with Crippen LogP contribution in [0.15, 0.2) is 24.3 Å². The first-order valence-electron chi connectivity index (χ1n) is 6.43. The van der Waals surface area contributed by atoms with Gasteiger partial charge in [-0.3, -0.25) is 4.79 Å². The Balaban J connectivity index is 3.16. The Bertz CT molecular complexity index is 389. The smallest absolute Gasteiger partial charge is 0.238 e. The minimum Gasteiger partial charge on any atom is -0.492 e. The summed E-state index contributed by atoms with van der Waals surface area (Å²) in [7, 11) is 0. The summed E-state index contributed by atoms with van der Waals surface area (Å²) in [6.07, 6.45) is 0. The summed E-state index contributed by atoms with van der Waals surface area (Å²) < 4.78 is 5.59. The normalized spacial score (nSPS) is 10.5. The number of nitrogens with zero attached hydrogens (tertiary/aromatic N) is 2. The number of carbonyl (C=O) groups excluding carboxylic acids is 1. The zero-order valence-corrected chi connectivity index (χ0v) is 11.6. The Morgan fingerprint density at radius 1 is 1.17 bits per heavy atom. The van der Waals surface area contributed by atoms with Gasteiger partial charge in [0.1, 0.15) is 11.4 Å². The van der Waals surface area contributed by atoms with Gasteiger partial charge in [0.25, 0.3) is 0 Å². The van der Waals surface area contributed by atoms with Crippen molar-refractivity contribution in [3.05, 3.63) is 24.3 Å². The van der Waals surface area contributed by atoms with Gasteiger partial charge in [0.05, 0.1) is 6.61 Å². The first-order valence-corrected chi connectivity index (χ1v) is 6.43. The van der Waals surface area contributed by atoms with Crippen LogP contribution in [0.5, 0.6) is 5.75 Å². The maximum absolute atomic E-state index is 11.9. The van der Waals surface area contributed by atoms with Gasteiger partial charge in [0, 0.05) is 20.0 Å². The molecule has 0 bridgehead atoms. The van der Waals surface area contributed by atoms with Crippen LogP contribution in [0, 0.1) is 0 Å². The third-order valence-corrected chi connectivity index (χ3v) is 2.70. The van der Waals surface area contributed by atoms with E-state index >= 15 is 0 Å². The van der Waals surface area contributed by atoms with E-state index in [-0.39, 0.29) is 5.91 Å². The molecule has 0 atom stereocenters. The Labute approximate surface area is 109 Å². The fourth-order valence-electron chi connectivity index (χ4n) is 1.94. The molecule has 4 nitrogen and oxygen atoms in total. The highest BCUT2D eigenvalue weighted by molar-refractivity contribution is 5.92. The summed E-state index contributed by atoms with van der Waals surface area (Å²) in [6, 6.07) is 7.62. The molecule has 0 saturated heterocycles. The predicted octanol–water partition coefficient (Wildman–Crippen LogP) is 2.70. The van der Waals surface area contributed by atoms with Crippen LogP contribution in [0.1, 0.15) is 27.7 Å². The number of hydrogen-bond acceptors (Lipinski definition) is 3. The highest BCUT2D eigenvalue weighted by Crippen LogP contribution is 2.29. The van der Waals surface area contributed by atoms with Gasteiger partial charge in [0.15, 0.2) is 0 Å². The average molecular weight is 250 g/mol. The number of hydrazine groups is 1. The summed E-state index contributed by atoms with van der Waals surface area (Å²) in [5.74, 6) is 0.730. The molecule has 4 heteroatoms. The van der Waals surface area contributed by atoms with Crippen molar-refractivity contribution in [1.82, 2.24) is 5.01 Å². The fourth-order valence-corrected chi connectivity index (χ4v) is 1.94. The Hall–Kier alpha value is -1.55. The van der Waals surface area contributed by atoms with Gasteiger partial charge in [0.2, 0.25) is 5.91 Å². The molecule has 18 heavy (non-hydrogen) atoms. The van der Waals surface area contributed by atoms with Crippen LogP contribution in [0.25, 0.3) is 0 Å². The average Bonchev–Trinajstić information content (AvgIpc) is 2.37. The molecule has 1 amide bonds. The summed E-state index contributed by atoms with van der Waals surface area (Å²) >= 11 is 0. The minimum atomic E-state index is -0.00847. The SMILES string of the molecule is CCOc1ccccc1N(C(C)=O)N(CC)CC. The molecule has 100 valence electrons. The Kier molecular flexibility index (Phi) is 5.65. The zero-order valence-electron chi connectivity index (χ0n) is 11.6. The third-order valence-electron chi connectivity index (χ3n) is 2.70. The van der Waals surface area contributed by atoms with E-state index in [0.29, 0.717) is 6.61 Å². The van der Waals surface area contributed by atoms with Crippen LogP contribution in [-0.4, -0.2) is 30.6 Å². The number of rotatable bonds is 6. The van der Waals surface area contributed by atoms with E-state index in [1.54, 1.807) is 11.9 Å². The van der Waals surface area contributed by atoms with Gasteiger partial charge < -0.3 is 4.74 Å². The van der Waals surface area contributed by atoms with E-state index in [4.69, 9.17) is 4.74 Å². The van der Waals surface area contributed by atoms with Crippen molar-refractivity contribution in [1.29, 1.82) is 0 Å². The van der Waals surface area contributed by atoms with Crippen molar-refractivity contribution in [2.75, 3.05) is 24.7 Å². The van der Waals surface area contributed by atoms with Crippen molar-refractivity contribution < 1.29 is 9.53 Å². The summed E-state index contributed by atoms with van der Waals surface area (Å²) in [4.78, 5) is 11.9. The lowest BCUT2D eigenvalue weighted by Crippen LogP contribution is -2.45. The molecule has 0 aliphatic rings. The second-order valence-electron chi connectivity index (χ2n) is 3.87. The monoisotopic (exact) mass is 250 g/mol. The van der Waals surface area contributed by atoms with Crippen LogP contribution in [0.3, 0.4) is 0 Å². The molecule has 0 aliphatic heterocycles. The molecule has 0 fully saturated rings. The highest BCUT2D eigenvalue weighted by Gasteiger charge is 2.20. The molecular formula is C14H22N2O2. The number of amides is 1. The largest absolute Gasteiger partial charge is 0.492 e. The zero-order chi connectivity index (χ0) is 13.5. The van der Waals surface area contributed by atoms with E-state index in [2.05, 4.69) is 0 Å². The number of carbonyl (C=O) groups is 1. The van der Waals surface area contributed by atoms with E-state index in [0.717, 1.165) is 24.5 Å². The number of hydrogen-bond donors (Lipinski definition) is 0. The predicted molar refractivity (Wildman–Crippen MR) is 73.7 cm³/mol. The summed E-state index contributed by atoms with van der Waals surface area (Å²) in [5, 5.41) is 3.67. The van der Waals surface area contributed by atoms with E-state index in [1.165, 1.54) is 0 Å². The summed E-state index contributed by atoms with van der Waals surface area (Å²) in [6.45, 7) is 9.70. The number of para-hydroxylation sites is 2. The molecule has 0 aromatic heterocycles. The molecule has 1 aromatic rings. The lowest BCUT2D eigenvalue weighted by Gasteiger charge is -2.33. The van der Waals surface area contributed by atoms with Crippen molar-refractivity contribution in [3.63, 3.8) is 0 Å². The van der Waals surface area contributed by atoms with Gasteiger partial charge in [-0.1, -0.05) is 26.0 Å². The highest BCUT2D eigenvalue weighted by atomic mass is 16.5. The maximum atomic E-state index is 11.9. The first-order chi connectivity index (χ1) is 8.65. The lowest BCUT2D eigenvalue weighted by molar-refractivity contribution is -0.119. The molecule has 0 aliphatic carbocycles. The second kappa shape index (κ2) is 7.01. The Morgan fingerprint density at radius 2 is 1.78 bits per heavy atom. The van der Waals surface area contributed by atoms with Crippen molar-refractivity contribution in [2.45, 2.75) is 27.7 Å². The second-order valence-corrected chi connectivity index (χ2v) is 3.87. The molecule has 1 rings (SSSR count). The molecule has 0 spiro atoms. The van der Waals surface area contributed by atoms with Crippen molar-refractivity contribution in [3.8, 4) is 5.75 Å². The van der Waals surface area contributed by atoms with Gasteiger partial charge in [-0.05, 0) is 19.1 Å².